The standard InChI is InChI=1S/C21H26N4O3/c1-24-6-8-25(9-7-24)21(27)19-10-13-2-3-14(11-18(13)28-19)20(26)23-17-12-15-4-5-16(17)22-15/h2-3,10-11,15-17,22H,4-9,12H2,1H3,(H,23,26)/t15-,16+,17-/m1/s1. The van der Waals surface area contributed by atoms with Gasteiger partial charge in [-0.05, 0) is 44.5 Å². The Morgan fingerprint density at radius 3 is 2.68 bits per heavy atom. The second-order valence-corrected chi connectivity index (χ2v) is 8.32. The molecule has 0 saturated carbocycles. The average molecular weight is 382 g/mol. The number of hydrogen-bond donors (Lipinski definition) is 2. The van der Waals surface area contributed by atoms with Crippen LogP contribution in [0.3, 0.4) is 0 Å². The van der Waals surface area contributed by atoms with E-state index in [1.165, 1.54) is 6.42 Å². The second-order valence-electron chi connectivity index (χ2n) is 8.32. The van der Waals surface area contributed by atoms with Crippen LogP contribution in [0.1, 0.15) is 40.2 Å². The summed E-state index contributed by atoms with van der Waals surface area (Å²) in [5, 5.41) is 7.53. The SMILES string of the molecule is CN1CCN(C(=O)c2cc3ccc(C(=O)N[C@@H]4C[C@H]5CC[C@@H]4N5)cc3o2)CC1. The molecule has 4 heterocycles. The summed E-state index contributed by atoms with van der Waals surface area (Å²) in [6.45, 7) is 3.15. The highest BCUT2D eigenvalue weighted by molar-refractivity contribution is 6.00. The lowest BCUT2D eigenvalue weighted by Gasteiger charge is -2.31. The number of fused-ring (bicyclic) bond motifs is 3. The van der Waals surface area contributed by atoms with Gasteiger partial charge in [0.25, 0.3) is 11.8 Å². The molecule has 3 aliphatic heterocycles. The molecular formula is C21H26N4O3. The minimum atomic E-state index is -0.0802. The van der Waals surface area contributed by atoms with Crippen LogP contribution in [0.25, 0.3) is 11.0 Å². The molecule has 2 N–H and O–H groups in total. The van der Waals surface area contributed by atoms with Crippen molar-refractivity contribution >= 4 is 22.8 Å². The molecule has 5 rings (SSSR count). The number of likely N-dealkylation sites (N-methyl/N-ethyl adjacent to an activating group) is 1. The van der Waals surface area contributed by atoms with Gasteiger partial charge in [-0.1, -0.05) is 6.07 Å². The Morgan fingerprint density at radius 1 is 1.14 bits per heavy atom. The zero-order valence-electron chi connectivity index (χ0n) is 16.1. The van der Waals surface area contributed by atoms with E-state index in [-0.39, 0.29) is 17.9 Å². The van der Waals surface area contributed by atoms with Gasteiger partial charge in [-0.3, -0.25) is 9.59 Å². The van der Waals surface area contributed by atoms with Crippen LogP contribution < -0.4 is 10.6 Å². The van der Waals surface area contributed by atoms with E-state index in [0.29, 0.717) is 42.1 Å². The molecular weight excluding hydrogens is 356 g/mol. The van der Waals surface area contributed by atoms with Crippen molar-refractivity contribution < 1.29 is 14.0 Å². The van der Waals surface area contributed by atoms with Crippen LogP contribution in [0.15, 0.2) is 28.7 Å². The van der Waals surface area contributed by atoms with Crippen molar-refractivity contribution in [2.75, 3.05) is 33.2 Å². The third kappa shape index (κ3) is 3.18. The number of piperazine rings is 1. The van der Waals surface area contributed by atoms with Crippen LogP contribution in [0.5, 0.6) is 0 Å². The van der Waals surface area contributed by atoms with Crippen LogP contribution in [0.4, 0.5) is 0 Å². The van der Waals surface area contributed by atoms with E-state index < -0.39 is 0 Å². The van der Waals surface area contributed by atoms with E-state index in [4.69, 9.17) is 4.42 Å². The molecule has 148 valence electrons. The molecule has 3 atom stereocenters. The second kappa shape index (κ2) is 6.90. The molecule has 7 heteroatoms. The summed E-state index contributed by atoms with van der Waals surface area (Å²) in [7, 11) is 2.06. The smallest absolute Gasteiger partial charge is 0.289 e. The van der Waals surface area contributed by atoms with Gasteiger partial charge in [0.05, 0.1) is 0 Å². The first-order valence-corrected chi connectivity index (χ1v) is 10.1. The average Bonchev–Trinajstić information content (AvgIpc) is 3.42. The summed E-state index contributed by atoms with van der Waals surface area (Å²) < 4.78 is 5.82. The third-order valence-corrected chi connectivity index (χ3v) is 6.40. The molecule has 0 radical (unpaired) electrons. The zero-order chi connectivity index (χ0) is 19.3. The van der Waals surface area contributed by atoms with Crippen molar-refractivity contribution in [2.24, 2.45) is 0 Å². The maximum Gasteiger partial charge on any atom is 0.289 e. The van der Waals surface area contributed by atoms with Gasteiger partial charge >= 0.3 is 0 Å². The molecule has 3 saturated heterocycles. The van der Waals surface area contributed by atoms with E-state index in [2.05, 4.69) is 22.6 Å². The highest BCUT2D eigenvalue weighted by Crippen LogP contribution is 2.29. The van der Waals surface area contributed by atoms with Crippen LogP contribution in [-0.2, 0) is 0 Å². The first-order chi connectivity index (χ1) is 13.6. The molecule has 3 fully saturated rings. The van der Waals surface area contributed by atoms with E-state index in [9.17, 15) is 9.59 Å². The largest absolute Gasteiger partial charge is 0.451 e. The normalized spacial score (nSPS) is 27.5. The molecule has 0 unspecified atom stereocenters. The molecule has 2 amide bonds. The first-order valence-electron chi connectivity index (χ1n) is 10.1. The van der Waals surface area contributed by atoms with E-state index in [0.717, 1.165) is 31.3 Å². The number of amides is 2. The topological polar surface area (TPSA) is 77.8 Å². The lowest BCUT2D eigenvalue weighted by molar-refractivity contribution is 0.0635. The number of carbonyl (C=O) groups is 2. The van der Waals surface area contributed by atoms with Gasteiger partial charge in [0.2, 0.25) is 0 Å². The lowest BCUT2D eigenvalue weighted by Crippen LogP contribution is -2.47. The van der Waals surface area contributed by atoms with Crippen molar-refractivity contribution in [3.63, 3.8) is 0 Å². The van der Waals surface area contributed by atoms with E-state index in [1.807, 2.05) is 11.0 Å². The monoisotopic (exact) mass is 382 g/mol. The first kappa shape index (κ1) is 17.7. The minimum Gasteiger partial charge on any atom is -0.451 e. The van der Waals surface area contributed by atoms with Gasteiger partial charge < -0.3 is 24.9 Å². The Balaban J connectivity index is 1.31. The number of carbonyl (C=O) groups excluding carboxylic acids is 2. The molecule has 3 aliphatic rings. The highest BCUT2D eigenvalue weighted by atomic mass is 16.3. The van der Waals surface area contributed by atoms with Crippen LogP contribution in [-0.4, -0.2) is 73.0 Å². The lowest BCUT2D eigenvalue weighted by atomic mass is 9.95. The molecule has 28 heavy (non-hydrogen) atoms. The Morgan fingerprint density at radius 2 is 1.96 bits per heavy atom. The number of hydrogen-bond acceptors (Lipinski definition) is 5. The summed E-state index contributed by atoms with van der Waals surface area (Å²) >= 11 is 0. The maximum absolute atomic E-state index is 12.7. The fourth-order valence-corrected chi connectivity index (χ4v) is 4.68. The summed E-state index contributed by atoms with van der Waals surface area (Å²) in [5.41, 5.74) is 1.15. The molecule has 2 aromatic rings. The van der Waals surface area contributed by atoms with Crippen molar-refractivity contribution in [1.29, 1.82) is 0 Å². The predicted molar refractivity (Wildman–Crippen MR) is 105 cm³/mol. The molecule has 7 nitrogen and oxygen atoms in total. The Kier molecular flexibility index (Phi) is 4.36. The van der Waals surface area contributed by atoms with Gasteiger partial charge in [-0.15, -0.1) is 0 Å². The van der Waals surface area contributed by atoms with E-state index >= 15 is 0 Å². The Bertz CT molecular complexity index is 916. The molecule has 2 bridgehead atoms. The summed E-state index contributed by atoms with van der Waals surface area (Å²) in [6, 6.07) is 8.32. The van der Waals surface area contributed by atoms with Crippen LogP contribution in [0.2, 0.25) is 0 Å². The van der Waals surface area contributed by atoms with Gasteiger partial charge in [0.1, 0.15) is 5.58 Å². The predicted octanol–water partition coefficient (Wildman–Crippen LogP) is 1.44. The summed E-state index contributed by atoms with van der Waals surface area (Å²) in [5.74, 6) is 0.183. The maximum atomic E-state index is 12.7. The highest BCUT2D eigenvalue weighted by Gasteiger charge is 2.39. The number of furan rings is 1. The van der Waals surface area contributed by atoms with Crippen molar-refractivity contribution in [2.45, 2.75) is 37.4 Å². The van der Waals surface area contributed by atoms with Crippen LogP contribution >= 0.6 is 0 Å². The van der Waals surface area contributed by atoms with Crippen LogP contribution in [0, 0.1) is 0 Å². The molecule has 0 spiro atoms. The Hall–Kier alpha value is -2.38. The number of rotatable bonds is 3. The van der Waals surface area contributed by atoms with Gasteiger partial charge in [0, 0.05) is 55.3 Å². The van der Waals surface area contributed by atoms with Crippen molar-refractivity contribution in [3.8, 4) is 0 Å². The molecule has 1 aromatic heterocycles. The summed E-state index contributed by atoms with van der Waals surface area (Å²) in [4.78, 5) is 29.4. The number of benzene rings is 1. The molecule has 0 aliphatic carbocycles. The molecule has 1 aromatic carbocycles. The third-order valence-electron chi connectivity index (χ3n) is 6.40. The fraction of sp³-hybridized carbons (Fsp3) is 0.524. The quantitative estimate of drug-likeness (QED) is 0.840. The Labute approximate surface area is 164 Å². The van der Waals surface area contributed by atoms with Crippen molar-refractivity contribution in [1.82, 2.24) is 20.4 Å². The van der Waals surface area contributed by atoms with Gasteiger partial charge in [-0.2, -0.15) is 0 Å². The zero-order valence-corrected chi connectivity index (χ0v) is 16.1. The van der Waals surface area contributed by atoms with Gasteiger partial charge in [0.15, 0.2) is 5.76 Å². The minimum absolute atomic E-state index is 0.0791. The number of nitrogens with one attached hydrogen (secondary N) is 2. The van der Waals surface area contributed by atoms with E-state index in [1.54, 1.807) is 18.2 Å². The van der Waals surface area contributed by atoms with Gasteiger partial charge in [-0.25, -0.2) is 0 Å². The van der Waals surface area contributed by atoms with Crippen molar-refractivity contribution in [3.05, 3.63) is 35.6 Å². The number of nitrogens with zero attached hydrogens (tertiary/aromatic N) is 2. The fourth-order valence-electron chi connectivity index (χ4n) is 4.68. The summed E-state index contributed by atoms with van der Waals surface area (Å²) in [6.07, 6.45) is 3.34.